The molecule has 0 unspecified atom stereocenters. The van der Waals surface area contributed by atoms with E-state index in [1.54, 1.807) is 19.1 Å². The first-order valence-corrected chi connectivity index (χ1v) is 7.32. The number of aryl methyl sites for hydroxylation is 2. The zero-order valence-corrected chi connectivity index (χ0v) is 12.0. The predicted molar refractivity (Wildman–Crippen MR) is 73.8 cm³/mol. The van der Waals surface area contributed by atoms with Gasteiger partial charge in [0, 0.05) is 0 Å². The third kappa shape index (κ3) is 3.21. The molecule has 0 aliphatic rings. The van der Waals surface area contributed by atoms with Gasteiger partial charge in [-0.25, -0.2) is 18.4 Å². The van der Waals surface area contributed by atoms with E-state index in [2.05, 4.69) is 14.7 Å². The Bertz CT molecular complexity index is 699. The van der Waals surface area contributed by atoms with Crippen molar-refractivity contribution in [2.45, 2.75) is 18.7 Å². The number of anilines is 1. The first-order chi connectivity index (χ1) is 8.88. The number of rotatable bonds is 3. The van der Waals surface area contributed by atoms with Crippen LogP contribution in [0.15, 0.2) is 35.5 Å². The van der Waals surface area contributed by atoms with Crippen LogP contribution in [0, 0.1) is 13.8 Å². The van der Waals surface area contributed by atoms with Crippen LogP contribution in [0.4, 0.5) is 5.82 Å². The Morgan fingerprint density at radius 3 is 2.53 bits per heavy atom. The number of benzene rings is 1. The Morgan fingerprint density at radius 1 is 1.16 bits per heavy atom. The molecule has 0 bridgehead atoms. The van der Waals surface area contributed by atoms with Gasteiger partial charge in [0.05, 0.1) is 17.3 Å². The van der Waals surface area contributed by atoms with Crippen molar-refractivity contribution in [3.8, 4) is 0 Å². The summed E-state index contributed by atoms with van der Waals surface area (Å²) in [6, 6.07) is 5.23. The summed E-state index contributed by atoms with van der Waals surface area (Å²) in [5, 5.41) is 0.203. The Balaban J connectivity index is 2.37. The fourth-order valence-electron chi connectivity index (χ4n) is 1.55. The van der Waals surface area contributed by atoms with Crippen molar-refractivity contribution in [3.05, 3.63) is 46.9 Å². The van der Waals surface area contributed by atoms with Crippen LogP contribution in [0.25, 0.3) is 0 Å². The van der Waals surface area contributed by atoms with Gasteiger partial charge in [0.2, 0.25) is 0 Å². The van der Waals surface area contributed by atoms with Crippen molar-refractivity contribution in [1.82, 2.24) is 9.97 Å². The molecule has 1 aromatic heterocycles. The number of sulfonamides is 1. The molecule has 0 aliphatic carbocycles. The maximum Gasteiger partial charge on any atom is 0.263 e. The van der Waals surface area contributed by atoms with Crippen LogP contribution >= 0.6 is 11.6 Å². The Labute approximate surface area is 116 Å². The molecule has 1 aromatic carbocycles. The fourth-order valence-corrected chi connectivity index (χ4v) is 2.98. The maximum absolute atomic E-state index is 12.2. The highest BCUT2D eigenvalue weighted by molar-refractivity contribution is 7.92. The molecular weight excluding hydrogens is 286 g/mol. The topological polar surface area (TPSA) is 72.0 Å². The zero-order valence-electron chi connectivity index (χ0n) is 10.4. The van der Waals surface area contributed by atoms with Gasteiger partial charge in [0.1, 0.15) is 5.15 Å². The lowest BCUT2D eigenvalue weighted by Crippen LogP contribution is -2.15. The summed E-state index contributed by atoms with van der Waals surface area (Å²) < 4.78 is 26.9. The maximum atomic E-state index is 12.2. The van der Waals surface area contributed by atoms with Crippen LogP contribution in [-0.4, -0.2) is 18.4 Å². The third-order valence-electron chi connectivity index (χ3n) is 2.49. The van der Waals surface area contributed by atoms with Crippen molar-refractivity contribution in [2.24, 2.45) is 0 Å². The lowest BCUT2D eigenvalue weighted by molar-refractivity contribution is 0.600. The van der Waals surface area contributed by atoms with Gasteiger partial charge in [-0.05, 0) is 31.0 Å². The summed E-state index contributed by atoms with van der Waals surface area (Å²) in [5.74, 6) is 0.130. The highest BCUT2D eigenvalue weighted by atomic mass is 35.5. The first kappa shape index (κ1) is 13.8. The second-order valence-electron chi connectivity index (χ2n) is 4.10. The minimum Gasteiger partial charge on any atom is -0.262 e. The van der Waals surface area contributed by atoms with Crippen molar-refractivity contribution < 1.29 is 8.42 Å². The summed E-state index contributed by atoms with van der Waals surface area (Å²) in [4.78, 5) is 7.86. The largest absolute Gasteiger partial charge is 0.263 e. The zero-order chi connectivity index (χ0) is 14.0. The van der Waals surface area contributed by atoms with E-state index in [1.807, 2.05) is 13.0 Å². The van der Waals surface area contributed by atoms with E-state index in [0.29, 0.717) is 5.56 Å². The Kier molecular flexibility index (Phi) is 3.73. The summed E-state index contributed by atoms with van der Waals surface area (Å²) in [6.45, 7) is 3.57. The monoisotopic (exact) mass is 297 g/mol. The Hall–Kier alpha value is -1.66. The summed E-state index contributed by atoms with van der Waals surface area (Å²) in [6.07, 6.45) is 2.55. The second kappa shape index (κ2) is 5.14. The molecular formula is C12H12ClN3O2S. The van der Waals surface area contributed by atoms with Gasteiger partial charge in [0.25, 0.3) is 10.0 Å². The first-order valence-electron chi connectivity index (χ1n) is 5.46. The normalized spacial score (nSPS) is 11.3. The van der Waals surface area contributed by atoms with Crippen LogP contribution in [0.1, 0.15) is 11.1 Å². The van der Waals surface area contributed by atoms with E-state index in [4.69, 9.17) is 11.6 Å². The molecule has 0 amide bonds. The van der Waals surface area contributed by atoms with Crippen LogP contribution < -0.4 is 4.72 Å². The molecule has 2 rings (SSSR count). The van der Waals surface area contributed by atoms with Crippen LogP contribution in [0.3, 0.4) is 0 Å². The summed E-state index contributed by atoms with van der Waals surface area (Å²) >= 11 is 5.60. The van der Waals surface area contributed by atoms with Gasteiger partial charge in [-0.2, -0.15) is 0 Å². The second-order valence-corrected chi connectivity index (χ2v) is 6.14. The van der Waals surface area contributed by atoms with Gasteiger partial charge >= 0.3 is 0 Å². The van der Waals surface area contributed by atoms with Gasteiger partial charge in [-0.3, -0.25) is 4.72 Å². The minimum atomic E-state index is -3.67. The van der Waals surface area contributed by atoms with E-state index in [-0.39, 0.29) is 15.9 Å². The molecule has 19 heavy (non-hydrogen) atoms. The molecule has 1 heterocycles. The van der Waals surface area contributed by atoms with E-state index in [0.717, 1.165) is 5.56 Å². The SMILES string of the molecule is Cc1ccc(C)c(S(=O)(=O)Nc2cnc(Cl)cn2)c1. The number of aromatic nitrogens is 2. The molecule has 100 valence electrons. The number of nitrogens with zero attached hydrogens (tertiary/aromatic N) is 2. The highest BCUT2D eigenvalue weighted by Gasteiger charge is 2.17. The summed E-state index contributed by atoms with van der Waals surface area (Å²) in [7, 11) is -3.67. The minimum absolute atomic E-state index is 0.130. The predicted octanol–water partition coefficient (Wildman–Crippen LogP) is 2.55. The van der Waals surface area contributed by atoms with E-state index in [9.17, 15) is 8.42 Å². The Morgan fingerprint density at radius 2 is 1.89 bits per heavy atom. The van der Waals surface area contributed by atoms with Crippen molar-refractivity contribution in [2.75, 3.05) is 4.72 Å². The molecule has 2 aromatic rings. The molecule has 0 radical (unpaired) electrons. The lowest BCUT2D eigenvalue weighted by atomic mass is 10.2. The fraction of sp³-hybridized carbons (Fsp3) is 0.167. The molecule has 7 heteroatoms. The van der Waals surface area contributed by atoms with Gasteiger partial charge in [-0.1, -0.05) is 23.7 Å². The molecule has 5 nitrogen and oxygen atoms in total. The molecule has 0 aliphatic heterocycles. The van der Waals surface area contributed by atoms with Crippen molar-refractivity contribution in [3.63, 3.8) is 0 Å². The van der Waals surface area contributed by atoms with Crippen LogP contribution in [0.5, 0.6) is 0 Å². The average molecular weight is 298 g/mol. The molecule has 1 N–H and O–H groups in total. The third-order valence-corrected chi connectivity index (χ3v) is 4.18. The molecule has 0 fully saturated rings. The van der Waals surface area contributed by atoms with Crippen LogP contribution in [-0.2, 0) is 10.0 Å². The van der Waals surface area contributed by atoms with E-state index in [1.165, 1.54) is 12.4 Å². The quantitative estimate of drug-likeness (QED) is 0.945. The van der Waals surface area contributed by atoms with E-state index < -0.39 is 10.0 Å². The number of hydrogen-bond donors (Lipinski definition) is 1. The molecule has 0 saturated carbocycles. The number of nitrogens with one attached hydrogen (secondary N) is 1. The lowest BCUT2D eigenvalue weighted by Gasteiger charge is -2.10. The molecule has 0 atom stereocenters. The number of halogens is 1. The highest BCUT2D eigenvalue weighted by Crippen LogP contribution is 2.19. The van der Waals surface area contributed by atoms with Crippen LogP contribution in [0.2, 0.25) is 5.15 Å². The van der Waals surface area contributed by atoms with E-state index >= 15 is 0 Å². The van der Waals surface area contributed by atoms with Gasteiger partial charge in [-0.15, -0.1) is 0 Å². The van der Waals surface area contributed by atoms with Gasteiger partial charge < -0.3 is 0 Å². The molecule has 0 spiro atoms. The molecule has 0 saturated heterocycles. The smallest absolute Gasteiger partial charge is 0.262 e. The van der Waals surface area contributed by atoms with Gasteiger partial charge in [0.15, 0.2) is 5.82 Å². The average Bonchev–Trinajstić information content (AvgIpc) is 2.35. The van der Waals surface area contributed by atoms with Crippen molar-refractivity contribution in [1.29, 1.82) is 0 Å². The van der Waals surface area contributed by atoms with Crippen molar-refractivity contribution >= 4 is 27.4 Å². The summed E-state index contributed by atoms with van der Waals surface area (Å²) in [5.41, 5.74) is 1.54. The number of hydrogen-bond acceptors (Lipinski definition) is 4. The standard InChI is InChI=1S/C12H12ClN3O2S/c1-8-3-4-9(2)10(5-8)19(17,18)16-12-7-14-11(13)6-15-12/h3-7H,1-2H3,(H,15,16).